The van der Waals surface area contributed by atoms with Gasteiger partial charge in [-0.3, -0.25) is 5.43 Å². The average Bonchev–Trinajstić information content (AvgIpc) is 2.59. The molecule has 0 aromatic heterocycles. The minimum Gasteiger partial charge on any atom is -0.496 e. The molecule has 6 nitrogen and oxygen atoms in total. The summed E-state index contributed by atoms with van der Waals surface area (Å²) in [5.74, 6) is 11.5. The molecule has 2 aromatic carbocycles. The molecule has 0 aliphatic rings. The number of carbonyl (C=O) groups excluding carboxylic acids is 1. The highest BCUT2D eigenvalue weighted by atomic mass is 79.9. The number of halogens is 1. The van der Waals surface area contributed by atoms with Gasteiger partial charge >= 0.3 is 6.03 Å². The van der Waals surface area contributed by atoms with E-state index in [1.807, 2.05) is 41.8 Å². The number of nitrogens with zero attached hydrogens (tertiary/aromatic N) is 1. The highest BCUT2D eigenvalue weighted by molar-refractivity contribution is 9.10. The molecule has 7 heteroatoms. The number of hydrogen-bond acceptors (Lipinski definition) is 4. The number of methoxy groups -OCH3 is 1. The average molecular weight is 377 g/mol. The summed E-state index contributed by atoms with van der Waals surface area (Å²) in [5.41, 5.74) is 4.11. The Kier molecular flexibility index (Phi) is 5.75. The van der Waals surface area contributed by atoms with Gasteiger partial charge in [0.1, 0.15) is 5.75 Å². The van der Waals surface area contributed by atoms with E-state index < -0.39 is 6.03 Å². The van der Waals surface area contributed by atoms with Crippen molar-refractivity contribution in [2.45, 2.75) is 0 Å². The Bertz CT molecular complexity index is 734. The molecule has 0 aliphatic heterocycles. The monoisotopic (exact) mass is 376 g/mol. The Hall–Kier alpha value is -2.35. The predicted octanol–water partition coefficient (Wildman–Crippen LogP) is 2.89. The second-order valence-corrected chi connectivity index (χ2v) is 5.42. The number of nitrogens with one attached hydrogen (secondary N) is 1. The predicted molar refractivity (Wildman–Crippen MR) is 95.4 cm³/mol. The lowest BCUT2D eigenvalue weighted by atomic mass is 10.1. The van der Waals surface area contributed by atoms with E-state index in [1.54, 1.807) is 25.3 Å². The molecule has 0 saturated carbocycles. The van der Waals surface area contributed by atoms with Crippen molar-refractivity contribution >= 4 is 39.8 Å². The van der Waals surface area contributed by atoms with Crippen molar-refractivity contribution in [2.75, 3.05) is 12.1 Å². The van der Waals surface area contributed by atoms with Gasteiger partial charge in [-0.05, 0) is 29.8 Å². The van der Waals surface area contributed by atoms with Crippen molar-refractivity contribution in [3.63, 3.8) is 0 Å². The van der Waals surface area contributed by atoms with Crippen molar-refractivity contribution < 1.29 is 9.53 Å². The highest BCUT2D eigenvalue weighted by Crippen LogP contribution is 2.31. The number of anilines is 1. The number of urea groups is 1. The first kappa shape index (κ1) is 17.0. The largest absolute Gasteiger partial charge is 0.496 e. The van der Waals surface area contributed by atoms with Crippen LogP contribution >= 0.6 is 15.9 Å². The van der Waals surface area contributed by atoms with Gasteiger partial charge in [-0.2, -0.15) is 0 Å². The molecule has 0 radical (unpaired) electrons. The van der Waals surface area contributed by atoms with Gasteiger partial charge in [0.05, 0.1) is 12.8 Å². The van der Waals surface area contributed by atoms with Crippen molar-refractivity contribution in [3.8, 4) is 5.75 Å². The van der Waals surface area contributed by atoms with Crippen molar-refractivity contribution in [2.24, 2.45) is 11.7 Å². The Balaban J connectivity index is 2.47. The summed E-state index contributed by atoms with van der Waals surface area (Å²) >= 11 is 3.49. The molecule has 2 aromatic rings. The second kappa shape index (κ2) is 7.77. The van der Waals surface area contributed by atoms with Gasteiger partial charge in [0.2, 0.25) is 0 Å². The van der Waals surface area contributed by atoms with Gasteiger partial charge in [0.15, 0.2) is 0 Å². The van der Waals surface area contributed by atoms with Gasteiger partial charge in [0.25, 0.3) is 0 Å². The van der Waals surface area contributed by atoms with Crippen molar-refractivity contribution in [1.82, 2.24) is 5.43 Å². The molecule has 120 valence electrons. The maximum Gasteiger partial charge on any atom is 0.350 e. The molecule has 0 bridgehead atoms. The number of ether oxygens (including phenoxy) is 1. The van der Waals surface area contributed by atoms with Crippen molar-refractivity contribution in [1.29, 1.82) is 0 Å². The molecule has 0 aliphatic carbocycles. The van der Waals surface area contributed by atoms with E-state index in [-0.39, 0.29) is 0 Å². The van der Waals surface area contributed by atoms with E-state index in [9.17, 15) is 4.79 Å². The Morgan fingerprint density at radius 1 is 1.22 bits per heavy atom. The van der Waals surface area contributed by atoms with Gasteiger partial charge in [0, 0.05) is 10.0 Å². The third-order valence-electron chi connectivity index (χ3n) is 3.20. The minimum atomic E-state index is -0.631. The summed E-state index contributed by atoms with van der Waals surface area (Å²) < 4.78 is 6.32. The fourth-order valence-corrected chi connectivity index (χ4v) is 2.47. The van der Waals surface area contributed by atoms with Crippen LogP contribution in [0.4, 0.5) is 10.5 Å². The van der Waals surface area contributed by atoms with E-state index in [0.29, 0.717) is 17.0 Å². The Morgan fingerprint density at radius 3 is 2.61 bits per heavy atom. The van der Waals surface area contributed by atoms with Crippen LogP contribution in [-0.2, 0) is 0 Å². The Labute approximate surface area is 142 Å². The van der Waals surface area contributed by atoms with Crippen LogP contribution in [0.2, 0.25) is 0 Å². The van der Waals surface area contributed by atoms with Crippen LogP contribution in [-0.4, -0.2) is 13.1 Å². The summed E-state index contributed by atoms with van der Waals surface area (Å²) in [5, 5.41) is 0.933. The van der Waals surface area contributed by atoms with Crippen molar-refractivity contribution in [3.05, 3.63) is 58.1 Å². The lowest BCUT2D eigenvalue weighted by Crippen LogP contribution is -2.47. The molecule has 5 N–H and O–H groups in total. The number of amides is 2. The molecule has 0 heterocycles. The molecular formula is C16H17BrN4O2. The summed E-state index contributed by atoms with van der Waals surface area (Å²) in [6, 6.07) is 12.4. The molecular weight excluding hydrogens is 360 g/mol. The lowest BCUT2D eigenvalue weighted by Gasteiger charge is -2.19. The van der Waals surface area contributed by atoms with Crippen LogP contribution in [0.25, 0.3) is 12.2 Å². The number of carbonyl (C=O) groups is 1. The van der Waals surface area contributed by atoms with E-state index in [0.717, 1.165) is 15.0 Å². The maximum absolute atomic E-state index is 11.7. The highest BCUT2D eigenvalue weighted by Gasteiger charge is 2.16. The third-order valence-corrected chi connectivity index (χ3v) is 3.92. The zero-order valence-electron chi connectivity index (χ0n) is 12.5. The first-order valence-electron chi connectivity index (χ1n) is 6.73. The van der Waals surface area contributed by atoms with E-state index in [1.165, 1.54) is 0 Å². The minimum absolute atomic E-state index is 0.468. The van der Waals surface area contributed by atoms with Crippen LogP contribution in [0.1, 0.15) is 11.1 Å². The topological polar surface area (TPSA) is 93.6 Å². The van der Waals surface area contributed by atoms with E-state index in [4.69, 9.17) is 16.4 Å². The first-order valence-corrected chi connectivity index (χ1v) is 7.52. The van der Waals surface area contributed by atoms with Crippen LogP contribution < -0.4 is 26.9 Å². The molecule has 0 atom stereocenters. The summed E-state index contributed by atoms with van der Waals surface area (Å²) in [6.07, 6.45) is 3.73. The van der Waals surface area contributed by atoms with Gasteiger partial charge in [-0.15, -0.1) is 0 Å². The number of hydrazine groups is 2. The summed E-state index contributed by atoms with van der Waals surface area (Å²) in [4.78, 5) is 11.7. The summed E-state index contributed by atoms with van der Waals surface area (Å²) in [6.45, 7) is 0. The first-order chi connectivity index (χ1) is 11.1. The lowest BCUT2D eigenvalue weighted by molar-refractivity contribution is 0.246. The zero-order chi connectivity index (χ0) is 16.8. The van der Waals surface area contributed by atoms with E-state index >= 15 is 0 Å². The van der Waals surface area contributed by atoms with Crippen LogP contribution in [0, 0.1) is 0 Å². The van der Waals surface area contributed by atoms with Gasteiger partial charge in [-0.1, -0.05) is 46.3 Å². The number of rotatable bonds is 4. The summed E-state index contributed by atoms with van der Waals surface area (Å²) in [7, 11) is 1.55. The second-order valence-electron chi connectivity index (χ2n) is 4.57. The maximum atomic E-state index is 11.7. The molecule has 0 unspecified atom stereocenters. The number of benzene rings is 2. The van der Waals surface area contributed by atoms with Gasteiger partial charge in [-0.25, -0.2) is 21.5 Å². The van der Waals surface area contributed by atoms with E-state index in [2.05, 4.69) is 15.9 Å². The molecule has 2 amide bonds. The fraction of sp³-hybridized carbons (Fsp3) is 0.0625. The SMILES string of the molecule is COc1cccc(N(N)C(=O)NN)c1/C=C/c1ccccc1Br. The molecule has 0 saturated heterocycles. The van der Waals surface area contributed by atoms with Crippen LogP contribution in [0.15, 0.2) is 46.9 Å². The van der Waals surface area contributed by atoms with Gasteiger partial charge < -0.3 is 4.74 Å². The molecule has 0 fully saturated rings. The fourth-order valence-electron chi connectivity index (χ4n) is 2.05. The number of nitrogens with two attached hydrogens (primary N) is 2. The molecule has 2 rings (SSSR count). The third kappa shape index (κ3) is 3.89. The zero-order valence-corrected chi connectivity index (χ0v) is 14.1. The molecule has 23 heavy (non-hydrogen) atoms. The quantitative estimate of drug-likeness (QED) is 0.331. The normalized spacial score (nSPS) is 10.6. The number of hydrogen-bond donors (Lipinski definition) is 3. The van der Waals surface area contributed by atoms with Crippen LogP contribution in [0.3, 0.4) is 0 Å². The molecule has 0 spiro atoms. The standard InChI is InChI=1S/C16H17BrN4O2/c1-23-15-8-4-7-14(21(19)16(22)20-18)12(15)10-9-11-5-2-3-6-13(11)17/h2-10H,18-19H2,1H3,(H,20,22)/b10-9+. The smallest absolute Gasteiger partial charge is 0.350 e. The Morgan fingerprint density at radius 2 is 1.96 bits per heavy atom. The van der Waals surface area contributed by atoms with Crippen LogP contribution in [0.5, 0.6) is 5.75 Å².